The molecule has 2 aromatic heterocycles. The maximum Gasteiger partial charge on any atom is 0.324 e. The van der Waals surface area contributed by atoms with Crippen molar-refractivity contribution in [2.24, 2.45) is 4.99 Å². The van der Waals surface area contributed by atoms with Gasteiger partial charge < -0.3 is 15.3 Å². The maximum absolute atomic E-state index is 14.8. The van der Waals surface area contributed by atoms with Gasteiger partial charge in [0.1, 0.15) is 17.2 Å². The Hall–Kier alpha value is -4.55. The number of hydrogen-bond acceptors (Lipinski definition) is 8. The Balaban J connectivity index is 1.21. The third kappa shape index (κ3) is 5.24. The molecule has 2 aliphatic rings. The second kappa shape index (κ2) is 11.5. The summed E-state index contributed by atoms with van der Waals surface area (Å²) in [5.41, 5.74) is 2.37. The van der Waals surface area contributed by atoms with Crippen LogP contribution in [0.5, 0.6) is 0 Å². The fourth-order valence-corrected chi connectivity index (χ4v) is 6.80. The minimum atomic E-state index is -0.970. The van der Waals surface area contributed by atoms with E-state index in [-0.39, 0.29) is 23.7 Å². The standard InChI is InChI=1S/C32H30F2N6O3S/c1-18-15-22-26-20(16-35-27(28(22)44-18)25-23(33)5-4-6-24(25)34)17-36-31(38-26)37-21-9-7-19(8-10-21)29(41)40-13-11-32(12-14-40,30(42)43)39(2)3/h4-10,15,17H,11-14,16H2,1-3H3,(H,42,43)(H,36,37,38). The molecule has 2 aliphatic heterocycles. The number of aliphatic carboxylic acids is 1. The van der Waals surface area contributed by atoms with E-state index >= 15 is 0 Å². The number of amides is 1. The zero-order valence-electron chi connectivity index (χ0n) is 24.4. The highest BCUT2D eigenvalue weighted by Crippen LogP contribution is 2.38. The minimum absolute atomic E-state index is 0.155. The number of piperidine rings is 1. The number of carbonyl (C=O) groups is 2. The van der Waals surface area contributed by atoms with Gasteiger partial charge in [0.05, 0.1) is 28.4 Å². The van der Waals surface area contributed by atoms with Crippen LogP contribution in [0.25, 0.3) is 11.3 Å². The summed E-state index contributed by atoms with van der Waals surface area (Å²) >= 11 is 1.40. The summed E-state index contributed by atoms with van der Waals surface area (Å²) in [4.78, 5) is 43.9. The molecule has 6 rings (SSSR count). The molecule has 1 fully saturated rings. The number of fused-ring (bicyclic) bond motifs is 3. The van der Waals surface area contributed by atoms with Gasteiger partial charge in [0, 0.05) is 46.5 Å². The van der Waals surface area contributed by atoms with Crippen molar-refractivity contribution in [3.63, 3.8) is 0 Å². The van der Waals surface area contributed by atoms with Gasteiger partial charge in [0.15, 0.2) is 0 Å². The number of thiophene rings is 1. The zero-order valence-corrected chi connectivity index (χ0v) is 25.2. The van der Waals surface area contributed by atoms with Gasteiger partial charge in [-0.1, -0.05) is 6.07 Å². The molecular weight excluding hydrogens is 586 g/mol. The lowest BCUT2D eigenvalue weighted by Gasteiger charge is -2.42. The largest absolute Gasteiger partial charge is 0.480 e. The van der Waals surface area contributed by atoms with Crippen molar-refractivity contribution in [2.75, 3.05) is 32.5 Å². The van der Waals surface area contributed by atoms with Gasteiger partial charge in [0.2, 0.25) is 5.95 Å². The molecule has 4 aromatic rings. The van der Waals surface area contributed by atoms with Crippen LogP contribution in [0.15, 0.2) is 59.7 Å². The molecule has 9 nitrogen and oxygen atoms in total. The summed E-state index contributed by atoms with van der Waals surface area (Å²) in [5, 5.41) is 12.9. The Kier molecular flexibility index (Phi) is 7.72. The number of aliphatic imine (C=N–C) groups is 1. The number of likely N-dealkylation sites (N-methyl/N-ethyl adjacent to an activating group) is 1. The fourth-order valence-electron chi connectivity index (χ4n) is 5.77. The molecule has 0 bridgehead atoms. The van der Waals surface area contributed by atoms with Gasteiger partial charge in [0.25, 0.3) is 5.91 Å². The number of rotatable bonds is 6. The quantitative estimate of drug-likeness (QED) is 0.294. The predicted molar refractivity (Wildman–Crippen MR) is 165 cm³/mol. The van der Waals surface area contributed by atoms with Gasteiger partial charge >= 0.3 is 5.97 Å². The van der Waals surface area contributed by atoms with Crippen molar-refractivity contribution in [3.05, 3.63) is 92.8 Å². The Morgan fingerprint density at radius 2 is 1.75 bits per heavy atom. The van der Waals surface area contributed by atoms with E-state index in [0.29, 0.717) is 53.7 Å². The van der Waals surface area contributed by atoms with Gasteiger partial charge in [-0.25, -0.2) is 18.7 Å². The molecular formula is C32H30F2N6O3S. The van der Waals surface area contributed by atoms with Crippen molar-refractivity contribution in [3.8, 4) is 11.3 Å². The summed E-state index contributed by atoms with van der Waals surface area (Å²) in [6.07, 6.45) is 2.36. The Morgan fingerprint density at radius 1 is 1.07 bits per heavy atom. The molecule has 0 aliphatic carbocycles. The monoisotopic (exact) mass is 616 g/mol. The molecule has 1 saturated heterocycles. The third-order valence-electron chi connectivity index (χ3n) is 8.32. The summed E-state index contributed by atoms with van der Waals surface area (Å²) in [6, 6.07) is 12.7. The lowest BCUT2D eigenvalue weighted by atomic mass is 9.86. The fraction of sp³-hybridized carbons (Fsp3) is 0.281. The number of hydrogen-bond donors (Lipinski definition) is 2. The van der Waals surface area contributed by atoms with Gasteiger partial charge in [-0.3, -0.25) is 19.5 Å². The lowest BCUT2D eigenvalue weighted by Crippen LogP contribution is -2.58. The summed E-state index contributed by atoms with van der Waals surface area (Å²) in [7, 11) is 3.51. The van der Waals surface area contributed by atoms with Crippen LogP contribution in [-0.2, 0) is 11.3 Å². The molecule has 1 amide bonds. The zero-order chi connectivity index (χ0) is 31.2. The number of anilines is 2. The molecule has 226 valence electrons. The van der Waals surface area contributed by atoms with E-state index in [2.05, 4.69) is 15.3 Å². The average molecular weight is 617 g/mol. The maximum atomic E-state index is 14.8. The summed E-state index contributed by atoms with van der Waals surface area (Å²) < 4.78 is 29.6. The molecule has 2 N–H and O–H groups in total. The van der Waals surface area contributed by atoms with Crippen molar-refractivity contribution in [2.45, 2.75) is 31.8 Å². The van der Waals surface area contributed by atoms with Crippen LogP contribution in [-0.4, -0.2) is 75.2 Å². The summed E-state index contributed by atoms with van der Waals surface area (Å²) in [6.45, 7) is 2.79. The van der Waals surface area contributed by atoms with Crippen LogP contribution < -0.4 is 5.32 Å². The molecule has 0 spiro atoms. The third-order valence-corrected chi connectivity index (χ3v) is 9.37. The lowest BCUT2D eigenvalue weighted by molar-refractivity contribution is -0.152. The predicted octanol–water partition coefficient (Wildman–Crippen LogP) is 5.51. The molecule has 12 heteroatoms. The van der Waals surface area contributed by atoms with Gasteiger partial charge in [-0.15, -0.1) is 11.3 Å². The first kappa shape index (κ1) is 29.5. The molecule has 44 heavy (non-hydrogen) atoms. The normalized spacial score (nSPS) is 15.7. The van der Waals surface area contributed by atoms with E-state index in [1.54, 1.807) is 54.4 Å². The van der Waals surface area contributed by atoms with E-state index in [1.165, 1.54) is 29.5 Å². The first-order chi connectivity index (χ1) is 21.1. The number of aromatic nitrogens is 2. The number of aryl methyl sites for hydroxylation is 1. The Labute approximate surface area is 256 Å². The van der Waals surface area contributed by atoms with E-state index in [4.69, 9.17) is 4.98 Å². The average Bonchev–Trinajstić information content (AvgIpc) is 3.33. The van der Waals surface area contributed by atoms with E-state index in [0.717, 1.165) is 16.0 Å². The number of likely N-dealkylation sites (tertiary alicyclic amines) is 1. The van der Waals surface area contributed by atoms with Crippen molar-refractivity contribution in [1.29, 1.82) is 0 Å². The highest BCUT2D eigenvalue weighted by molar-refractivity contribution is 7.14. The Bertz CT molecular complexity index is 1780. The van der Waals surface area contributed by atoms with Crippen LogP contribution in [0.4, 0.5) is 20.4 Å². The number of nitrogens with one attached hydrogen (secondary N) is 1. The smallest absolute Gasteiger partial charge is 0.324 e. The van der Waals surface area contributed by atoms with E-state index in [1.807, 2.05) is 13.0 Å². The van der Waals surface area contributed by atoms with E-state index < -0.39 is 23.1 Å². The molecule has 0 saturated carbocycles. The summed E-state index contributed by atoms with van der Waals surface area (Å²) in [5.74, 6) is -2.06. The van der Waals surface area contributed by atoms with E-state index in [9.17, 15) is 23.5 Å². The van der Waals surface area contributed by atoms with Crippen LogP contribution in [0.3, 0.4) is 0 Å². The van der Waals surface area contributed by atoms with Crippen LogP contribution in [0, 0.1) is 18.6 Å². The minimum Gasteiger partial charge on any atom is -0.480 e. The molecule has 0 unspecified atom stereocenters. The SMILES string of the molecule is Cc1cc2c(s1)C(c1c(F)cccc1F)=NCc1cnc(Nc3ccc(C(=O)N4CCC(C(=O)O)(N(C)C)CC4)cc3)nc1-2. The van der Waals surface area contributed by atoms with Crippen LogP contribution in [0.1, 0.15) is 44.1 Å². The van der Waals surface area contributed by atoms with Crippen molar-refractivity contribution < 1.29 is 23.5 Å². The highest BCUT2D eigenvalue weighted by Gasteiger charge is 2.44. The first-order valence-corrected chi connectivity index (χ1v) is 14.9. The topological polar surface area (TPSA) is 111 Å². The number of nitrogens with zero attached hydrogens (tertiary/aromatic N) is 5. The Morgan fingerprint density at radius 3 is 2.39 bits per heavy atom. The number of carboxylic acids is 1. The number of carbonyl (C=O) groups excluding carboxylic acids is 1. The van der Waals surface area contributed by atoms with Gasteiger partial charge in [-0.05, 0) is 76.3 Å². The second-order valence-corrected chi connectivity index (χ2v) is 12.4. The van der Waals surface area contributed by atoms with Crippen molar-refractivity contribution >= 4 is 40.6 Å². The number of benzene rings is 2. The highest BCUT2D eigenvalue weighted by atomic mass is 32.1. The molecule has 4 heterocycles. The second-order valence-electron chi connectivity index (χ2n) is 11.2. The van der Waals surface area contributed by atoms with Crippen molar-refractivity contribution in [1.82, 2.24) is 19.8 Å². The van der Waals surface area contributed by atoms with Gasteiger partial charge in [-0.2, -0.15) is 0 Å². The molecule has 0 radical (unpaired) electrons. The van der Waals surface area contributed by atoms with Crippen LogP contribution >= 0.6 is 11.3 Å². The molecule has 0 atom stereocenters. The number of halogens is 2. The number of carboxylic acid groups (broad SMARTS) is 1. The first-order valence-electron chi connectivity index (χ1n) is 14.1. The molecule has 2 aromatic carbocycles. The van der Waals surface area contributed by atoms with Crippen LogP contribution in [0.2, 0.25) is 0 Å².